The number of pyridine rings is 3. The summed E-state index contributed by atoms with van der Waals surface area (Å²) in [6, 6.07) is 14.7. The summed E-state index contributed by atoms with van der Waals surface area (Å²) in [5.74, 6) is 0. The van der Waals surface area contributed by atoms with Crippen molar-refractivity contribution in [2.75, 3.05) is 0 Å². The predicted molar refractivity (Wildman–Crippen MR) is 287 cm³/mol. The van der Waals surface area contributed by atoms with Crippen molar-refractivity contribution in [2.24, 2.45) is 56.4 Å². The number of unbranched alkanes of at least 4 members (excludes halogenated alkanes) is 3. The van der Waals surface area contributed by atoms with Crippen LogP contribution in [-0.4, -0.2) is 23.3 Å². The van der Waals surface area contributed by atoms with Crippen LogP contribution in [0.5, 0.6) is 0 Å². The average Bonchev–Trinajstić information content (AvgIpc) is 4.20. The first-order valence-electron chi connectivity index (χ1n) is 23.9. The molecule has 0 atom stereocenters. The van der Waals surface area contributed by atoms with Gasteiger partial charge in [-0.3, -0.25) is 4.98 Å². The number of hydrogen-bond acceptors (Lipinski definition) is 0. The molecule has 0 spiro atoms. The fourth-order valence-corrected chi connectivity index (χ4v) is 5.86. The molecular weight excluding hydrogens is 867 g/mol. The molecule has 388 valence electrons. The van der Waals surface area contributed by atoms with Crippen LogP contribution in [-0.2, 0) is 82.6 Å². The highest BCUT2D eigenvalue weighted by molar-refractivity contribution is 5.03. The monoisotopic (exact) mass is 970 g/mol. The van der Waals surface area contributed by atoms with Crippen LogP contribution in [0.2, 0.25) is 0 Å². The Labute approximate surface area is 427 Å². The molecule has 13 heteroatoms. The van der Waals surface area contributed by atoms with Crippen molar-refractivity contribution in [1.82, 2.24) is 23.3 Å². The Morgan fingerprint density at radius 3 is 1.13 bits per heavy atom. The van der Waals surface area contributed by atoms with Gasteiger partial charge in [0.05, 0.1) is 62.9 Å². The van der Waals surface area contributed by atoms with Gasteiger partial charge < -0.3 is 0 Å². The minimum absolute atomic E-state index is 0. The molecule has 13 nitrogen and oxygen atoms in total. The van der Waals surface area contributed by atoms with Crippen molar-refractivity contribution in [2.45, 2.75) is 129 Å². The van der Waals surface area contributed by atoms with E-state index in [4.69, 9.17) is 0 Å². The second-order valence-corrected chi connectivity index (χ2v) is 16.8. The highest BCUT2D eigenvalue weighted by Crippen LogP contribution is 1.93. The second kappa shape index (κ2) is 42.6. The molecular formula is C57H103N13+8. The molecule has 0 aliphatic heterocycles. The number of nitrogens with one attached hydrogen (secondary N) is 1. The molecule has 0 aliphatic carbocycles. The quantitative estimate of drug-likeness (QED) is 0.138. The molecule has 0 unspecified atom stereocenters. The third kappa shape index (κ3) is 36.5. The molecule has 0 fully saturated rings. The molecule has 8 heterocycles. The second-order valence-electron chi connectivity index (χ2n) is 16.8. The summed E-state index contributed by atoms with van der Waals surface area (Å²) in [6.45, 7) is 17.5. The molecule has 0 bridgehead atoms. The first-order chi connectivity index (χ1) is 32.2. The Morgan fingerprint density at radius 1 is 0.429 bits per heavy atom. The van der Waals surface area contributed by atoms with Gasteiger partial charge in [-0.25, -0.2) is 54.8 Å². The maximum Gasteiger partial charge on any atom is 0.243 e. The Morgan fingerprint density at radius 2 is 0.843 bits per heavy atom. The third-order valence-corrected chi connectivity index (χ3v) is 9.73. The molecule has 1 N–H and O–H groups in total. The number of aryl methyl sites for hydroxylation is 14. The van der Waals surface area contributed by atoms with Crippen molar-refractivity contribution in [1.29, 1.82) is 0 Å². The standard InChI is InChI=1S/2C10H16N.C9H14N.C6H11N2.3C5H9N2.C4H6N2.3CH4/c1-3-4-7-11-8-5-10(2)6-9-11;1-3-4-7-11-8-5-6-10(2)9-11;1-2-3-7-10-8-5-4-6-9-10;1-3-8-5-4-7(2)6-8;3*1-6-3-4-7(2)5-6;1-6-3-2-5-4-6;;;/h2*5-6,8-9H,3-4,7H2,1-2H3;4-6,8-9H,2-3,7H2,1H3;4-6H,3H2,1-2H3;3*3-5H,1-2H3;2-4H,1H3;3*1H4/q7*+1;;;;/p+1. The zero-order valence-electron chi connectivity index (χ0n) is 44.1. The summed E-state index contributed by atoms with van der Waals surface area (Å²) in [5.41, 5.74) is 2.67. The van der Waals surface area contributed by atoms with Crippen LogP contribution in [0, 0.1) is 13.8 Å². The van der Waals surface area contributed by atoms with E-state index in [0.29, 0.717) is 0 Å². The van der Waals surface area contributed by atoms with Crippen LogP contribution < -0.4 is 36.5 Å². The fourth-order valence-electron chi connectivity index (χ4n) is 5.86. The Hall–Kier alpha value is -6.50. The molecule has 0 radical (unpaired) electrons. The minimum Gasteiger partial charge on any atom is -0.250 e. The van der Waals surface area contributed by atoms with E-state index in [-0.39, 0.29) is 22.3 Å². The summed E-state index contributed by atoms with van der Waals surface area (Å²) in [4.78, 5) is 2.89. The lowest BCUT2D eigenvalue weighted by Crippen LogP contribution is -2.32. The number of aromatic nitrogens is 13. The van der Waals surface area contributed by atoms with Gasteiger partial charge >= 0.3 is 0 Å². The van der Waals surface area contributed by atoms with Crippen LogP contribution in [0.25, 0.3) is 0 Å². The molecule has 70 heavy (non-hydrogen) atoms. The van der Waals surface area contributed by atoms with E-state index in [0.717, 1.165) is 26.2 Å². The van der Waals surface area contributed by atoms with Crippen LogP contribution in [0.1, 0.15) is 99.6 Å². The van der Waals surface area contributed by atoms with E-state index in [1.165, 1.54) is 49.7 Å². The maximum atomic E-state index is 2.89. The van der Waals surface area contributed by atoms with Gasteiger partial charge in [-0.05, 0) is 32.4 Å². The Kier molecular flexibility index (Phi) is 41.2. The SMILES string of the molecule is C.C.C.CCCC[n+]1ccc(C)cc1.CCCC[n+]1cccc(C)c1.CCCC[n+]1ccccc1.CCn1cc[n+](C)c1.C[n+]1cc[nH]c1.Cn1cc[n+](C)c1.Cn1cc[n+](C)c1.Cn1cc[n+](C)c1. The van der Waals surface area contributed by atoms with E-state index >= 15 is 0 Å². The van der Waals surface area contributed by atoms with Crippen molar-refractivity contribution in [3.63, 3.8) is 0 Å². The summed E-state index contributed by atoms with van der Waals surface area (Å²) in [5, 5.41) is 0. The molecule has 0 saturated carbocycles. The van der Waals surface area contributed by atoms with Gasteiger partial charge in [-0.1, -0.05) is 68.4 Å². The molecule has 0 aliphatic rings. The number of nitrogens with zero attached hydrogens (tertiary/aromatic N) is 12. The maximum absolute atomic E-state index is 2.89. The lowest BCUT2D eigenvalue weighted by atomic mass is 10.3. The summed E-state index contributed by atoms with van der Waals surface area (Å²) >= 11 is 0. The molecule has 8 aromatic rings. The zero-order valence-corrected chi connectivity index (χ0v) is 44.1. The minimum atomic E-state index is 0. The van der Waals surface area contributed by atoms with Gasteiger partial charge in [0, 0.05) is 55.2 Å². The highest BCUT2D eigenvalue weighted by atomic mass is 15.1. The van der Waals surface area contributed by atoms with Gasteiger partial charge in [0.25, 0.3) is 0 Å². The van der Waals surface area contributed by atoms with Gasteiger partial charge in [-0.2, -0.15) is 0 Å². The Bertz CT molecular complexity index is 2180. The number of hydrogen-bond donors (Lipinski definition) is 1. The predicted octanol–water partition coefficient (Wildman–Crippen LogP) is 7.57. The molecule has 8 rings (SSSR count). The molecule has 0 aromatic carbocycles. The van der Waals surface area contributed by atoms with E-state index in [2.05, 4.69) is 151 Å². The van der Waals surface area contributed by atoms with Crippen molar-refractivity contribution < 1.29 is 36.5 Å². The fraction of sp³-hybridized carbons (Fsp3) is 0.474. The Balaban J connectivity index is -0.000000734. The number of aromatic amines is 1. The lowest BCUT2D eigenvalue weighted by Gasteiger charge is -1.94. The average molecular weight is 971 g/mol. The first kappa shape index (κ1) is 67.8. The van der Waals surface area contributed by atoms with Crippen LogP contribution >= 0.6 is 0 Å². The summed E-state index contributed by atoms with van der Waals surface area (Å²) in [7, 11) is 16.0. The van der Waals surface area contributed by atoms with E-state index in [1.807, 2.05) is 180 Å². The highest BCUT2D eigenvalue weighted by Gasteiger charge is 1.99. The van der Waals surface area contributed by atoms with E-state index < -0.39 is 0 Å². The number of rotatable bonds is 10. The van der Waals surface area contributed by atoms with Crippen LogP contribution in [0.15, 0.2) is 173 Å². The van der Waals surface area contributed by atoms with E-state index in [1.54, 1.807) is 0 Å². The number of imidazole rings is 5. The molecule has 0 saturated heterocycles. The van der Waals surface area contributed by atoms with E-state index in [9.17, 15) is 0 Å². The molecule has 0 amide bonds. The van der Waals surface area contributed by atoms with Crippen LogP contribution in [0.3, 0.4) is 0 Å². The topological polar surface area (TPSA) is 66.5 Å². The normalized spacial score (nSPS) is 9.23. The number of H-pyrrole nitrogens is 1. The first-order valence-corrected chi connectivity index (χ1v) is 23.9. The van der Waals surface area contributed by atoms with Crippen LogP contribution in [0.4, 0.5) is 0 Å². The summed E-state index contributed by atoms with van der Waals surface area (Å²) in [6.07, 6.45) is 50.3. The molecule has 8 aromatic heterocycles. The zero-order chi connectivity index (χ0) is 49.7. The smallest absolute Gasteiger partial charge is 0.243 e. The lowest BCUT2D eigenvalue weighted by molar-refractivity contribution is -0.697. The van der Waals surface area contributed by atoms with Crippen molar-refractivity contribution in [3.8, 4) is 0 Å². The van der Waals surface area contributed by atoms with Gasteiger partial charge in [0.15, 0.2) is 37.2 Å². The third-order valence-electron chi connectivity index (χ3n) is 9.73. The van der Waals surface area contributed by atoms with Gasteiger partial charge in [0.2, 0.25) is 31.6 Å². The van der Waals surface area contributed by atoms with Gasteiger partial charge in [-0.15, -0.1) is 0 Å². The van der Waals surface area contributed by atoms with Crippen molar-refractivity contribution in [3.05, 3.63) is 184 Å². The summed E-state index contributed by atoms with van der Waals surface area (Å²) < 4.78 is 24.8. The van der Waals surface area contributed by atoms with Crippen molar-refractivity contribution >= 4 is 0 Å². The van der Waals surface area contributed by atoms with Gasteiger partial charge in [0.1, 0.15) is 81.6 Å². The largest absolute Gasteiger partial charge is 0.250 e.